The third-order valence-corrected chi connectivity index (χ3v) is 3.90. The standard InChI is InChI=1S/C17H25F2N5O2/c1-5-20-16(22-9-14-21-6-7-24(14)15(18)19)23-10-17(4,25)13-8-11(2)26-12(13)3/h6-8,15,25H,5,9-10H2,1-4H3,(H2,20,22,23). The summed E-state index contributed by atoms with van der Waals surface area (Å²) in [6.45, 7) is 5.24. The molecule has 26 heavy (non-hydrogen) atoms. The molecule has 2 aromatic rings. The molecule has 0 aromatic carbocycles. The maximum absolute atomic E-state index is 12.9. The normalized spacial score (nSPS) is 14.5. The average molecular weight is 369 g/mol. The lowest BCUT2D eigenvalue weighted by atomic mass is 9.96. The lowest BCUT2D eigenvalue weighted by molar-refractivity contribution is 0.0601. The van der Waals surface area contributed by atoms with Crippen LogP contribution in [0.3, 0.4) is 0 Å². The van der Waals surface area contributed by atoms with Gasteiger partial charge in [-0.25, -0.2) is 9.98 Å². The van der Waals surface area contributed by atoms with Gasteiger partial charge in [0.1, 0.15) is 29.5 Å². The number of aliphatic hydroxyl groups is 1. The molecule has 0 saturated carbocycles. The lowest BCUT2D eigenvalue weighted by Gasteiger charge is -2.24. The Morgan fingerprint density at radius 2 is 2.15 bits per heavy atom. The highest BCUT2D eigenvalue weighted by Gasteiger charge is 2.27. The van der Waals surface area contributed by atoms with Gasteiger partial charge in [-0.05, 0) is 33.8 Å². The first-order valence-corrected chi connectivity index (χ1v) is 8.36. The molecule has 9 heteroatoms. The van der Waals surface area contributed by atoms with Crippen molar-refractivity contribution in [3.05, 3.63) is 41.4 Å². The van der Waals surface area contributed by atoms with E-state index >= 15 is 0 Å². The van der Waals surface area contributed by atoms with Crippen molar-refractivity contribution >= 4 is 5.96 Å². The summed E-state index contributed by atoms with van der Waals surface area (Å²) in [4.78, 5) is 8.17. The van der Waals surface area contributed by atoms with Crippen LogP contribution in [-0.4, -0.2) is 33.7 Å². The predicted molar refractivity (Wildman–Crippen MR) is 94.1 cm³/mol. The summed E-state index contributed by atoms with van der Waals surface area (Å²) in [6.07, 6.45) is 2.52. The molecule has 144 valence electrons. The number of guanidine groups is 1. The van der Waals surface area contributed by atoms with Crippen molar-refractivity contribution in [2.24, 2.45) is 4.99 Å². The van der Waals surface area contributed by atoms with E-state index in [1.54, 1.807) is 19.9 Å². The number of hydrogen-bond acceptors (Lipinski definition) is 4. The number of aryl methyl sites for hydroxylation is 2. The van der Waals surface area contributed by atoms with Crippen LogP contribution in [0.25, 0.3) is 0 Å². The number of aromatic nitrogens is 2. The molecule has 2 aromatic heterocycles. The molecule has 1 atom stereocenters. The quantitative estimate of drug-likeness (QED) is 0.515. The summed E-state index contributed by atoms with van der Waals surface area (Å²) in [5.41, 5.74) is -0.494. The fraction of sp³-hybridized carbons (Fsp3) is 0.529. The van der Waals surface area contributed by atoms with Gasteiger partial charge in [-0.15, -0.1) is 0 Å². The molecule has 0 fully saturated rings. The van der Waals surface area contributed by atoms with E-state index in [1.807, 2.05) is 13.8 Å². The van der Waals surface area contributed by atoms with Crippen LogP contribution in [0.4, 0.5) is 8.78 Å². The van der Waals surface area contributed by atoms with Crippen molar-refractivity contribution in [3.8, 4) is 0 Å². The van der Waals surface area contributed by atoms with Crippen molar-refractivity contribution in [3.63, 3.8) is 0 Å². The fourth-order valence-electron chi connectivity index (χ4n) is 2.65. The van der Waals surface area contributed by atoms with Crippen LogP contribution >= 0.6 is 0 Å². The second-order valence-corrected chi connectivity index (χ2v) is 6.18. The Morgan fingerprint density at radius 3 is 2.73 bits per heavy atom. The van der Waals surface area contributed by atoms with Crippen LogP contribution in [0.5, 0.6) is 0 Å². The molecule has 0 amide bonds. The zero-order chi connectivity index (χ0) is 19.3. The van der Waals surface area contributed by atoms with Crippen LogP contribution in [0.1, 0.15) is 43.3 Å². The van der Waals surface area contributed by atoms with Crippen molar-refractivity contribution < 1.29 is 18.3 Å². The minimum Gasteiger partial charge on any atom is -0.466 e. The second-order valence-electron chi connectivity index (χ2n) is 6.18. The summed E-state index contributed by atoms with van der Waals surface area (Å²) in [7, 11) is 0. The second kappa shape index (κ2) is 8.31. The maximum Gasteiger partial charge on any atom is 0.319 e. The molecule has 0 aliphatic rings. The first kappa shape index (κ1) is 19.9. The number of furan rings is 1. The molecule has 0 bridgehead atoms. The smallest absolute Gasteiger partial charge is 0.319 e. The van der Waals surface area contributed by atoms with Crippen LogP contribution in [0.2, 0.25) is 0 Å². The van der Waals surface area contributed by atoms with Gasteiger partial charge < -0.3 is 20.2 Å². The summed E-state index contributed by atoms with van der Waals surface area (Å²) in [5.74, 6) is 1.92. The Morgan fingerprint density at radius 1 is 1.42 bits per heavy atom. The average Bonchev–Trinajstić information content (AvgIpc) is 3.16. The van der Waals surface area contributed by atoms with E-state index in [1.165, 1.54) is 12.4 Å². The highest BCUT2D eigenvalue weighted by atomic mass is 19.3. The first-order chi connectivity index (χ1) is 12.2. The molecule has 7 nitrogen and oxygen atoms in total. The third-order valence-electron chi connectivity index (χ3n) is 3.90. The molecule has 0 radical (unpaired) electrons. The van der Waals surface area contributed by atoms with E-state index in [9.17, 15) is 13.9 Å². The number of hydrogen-bond donors (Lipinski definition) is 3. The van der Waals surface area contributed by atoms with Gasteiger partial charge in [0.05, 0.1) is 6.54 Å². The Bertz CT molecular complexity index is 752. The molecule has 2 heterocycles. The van der Waals surface area contributed by atoms with Gasteiger partial charge in [-0.1, -0.05) is 0 Å². The Hall–Kier alpha value is -2.42. The first-order valence-electron chi connectivity index (χ1n) is 8.36. The summed E-state index contributed by atoms with van der Waals surface area (Å²) in [5, 5.41) is 16.8. The Balaban J connectivity index is 2.07. The largest absolute Gasteiger partial charge is 0.466 e. The van der Waals surface area contributed by atoms with Gasteiger partial charge in [0.25, 0.3) is 0 Å². The zero-order valence-corrected chi connectivity index (χ0v) is 15.4. The van der Waals surface area contributed by atoms with E-state index in [0.29, 0.717) is 23.8 Å². The molecule has 0 aliphatic heterocycles. The summed E-state index contributed by atoms with van der Waals surface area (Å²) < 4.78 is 32.0. The minimum atomic E-state index is -2.66. The van der Waals surface area contributed by atoms with Gasteiger partial charge in [0.2, 0.25) is 0 Å². The van der Waals surface area contributed by atoms with Gasteiger partial charge in [0, 0.05) is 24.5 Å². The summed E-state index contributed by atoms with van der Waals surface area (Å²) >= 11 is 0. The monoisotopic (exact) mass is 369 g/mol. The number of halogens is 2. The van der Waals surface area contributed by atoms with Gasteiger partial charge in [-0.2, -0.15) is 8.78 Å². The molecule has 0 spiro atoms. The molecule has 2 rings (SSSR count). The van der Waals surface area contributed by atoms with Crippen LogP contribution < -0.4 is 10.6 Å². The van der Waals surface area contributed by atoms with E-state index in [4.69, 9.17) is 4.42 Å². The number of aliphatic imine (C=N–C) groups is 1. The van der Waals surface area contributed by atoms with Gasteiger partial charge in [-0.3, -0.25) is 4.57 Å². The van der Waals surface area contributed by atoms with Crippen LogP contribution in [-0.2, 0) is 12.1 Å². The topological polar surface area (TPSA) is 87.6 Å². The van der Waals surface area contributed by atoms with E-state index < -0.39 is 12.2 Å². The third kappa shape index (κ3) is 4.81. The maximum atomic E-state index is 12.9. The molecular weight excluding hydrogens is 344 g/mol. The van der Waals surface area contributed by atoms with Crippen LogP contribution in [0, 0.1) is 13.8 Å². The lowest BCUT2D eigenvalue weighted by Crippen LogP contribution is -2.44. The number of nitrogens with one attached hydrogen (secondary N) is 2. The van der Waals surface area contributed by atoms with Gasteiger partial charge >= 0.3 is 6.55 Å². The number of alkyl halides is 2. The van der Waals surface area contributed by atoms with Crippen molar-refractivity contribution in [2.75, 3.05) is 13.1 Å². The van der Waals surface area contributed by atoms with Crippen molar-refractivity contribution in [1.82, 2.24) is 20.2 Å². The van der Waals surface area contributed by atoms with Crippen LogP contribution in [0.15, 0.2) is 27.9 Å². The Labute approximate surface area is 151 Å². The predicted octanol–water partition coefficient (Wildman–Crippen LogP) is 2.45. The Kier molecular flexibility index (Phi) is 6.36. The zero-order valence-electron chi connectivity index (χ0n) is 15.4. The highest BCUT2D eigenvalue weighted by molar-refractivity contribution is 5.79. The number of imidazole rings is 1. The fourth-order valence-corrected chi connectivity index (χ4v) is 2.65. The molecule has 0 saturated heterocycles. The van der Waals surface area contributed by atoms with E-state index in [0.717, 1.165) is 10.3 Å². The molecule has 0 aliphatic carbocycles. The van der Waals surface area contributed by atoms with E-state index in [-0.39, 0.29) is 18.9 Å². The van der Waals surface area contributed by atoms with Gasteiger partial charge in [0.15, 0.2) is 5.96 Å². The molecule has 3 N–H and O–H groups in total. The molecule has 1 unspecified atom stereocenters. The minimum absolute atomic E-state index is 0.0152. The summed E-state index contributed by atoms with van der Waals surface area (Å²) in [6, 6.07) is 1.79. The number of rotatable bonds is 7. The molecular formula is C17H25F2N5O2. The number of nitrogens with zero attached hydrogens (tertiary/aromatic N) is 3. The SMILES string of the molecule is CCNC(=NCc1nccn1C(F)F)NCC(C)(O)c1cc(C)oc1C. The van der Waals surface area contributed by atoms with E-state index in [2.05, 4.69) is 20.6 Å². The van der Waals surface area contributed by atoms with Crippen molar-refractivity contribution in [2.45, 2.75) is 46.4 Å². The van der Waals surface area contributed by atoms with Crippen molar-refractivity contribution in [1.29, 1.82) is 0 Å². The highest BCUT2D eigenvalue weighted by Crippen LogP contribution is 2.26.